The number of unbranched alkanes of at least 4 members (excludes halogenated alkanes) is 8. The summed E-state index contributed by atoms with van der Waals surface area (Å²) in [7, 11) is 0. The zero-order valence-electron chi connectivity index (χ0n) is 14.1. The molecule has 22 heavy (non-hydrogen) atoms. The van der Waals surface area contributed by atoms with E-state index in [4.69, 9.17) is 0 Å². The smallest absolute Gasteiger partial charge is 0.197 e. The van der Waals surface area contributed by atoms with Gasteiger partial charge in [0.1, 0.15) is 0 Å². The molecule has 0 aromatic carbocycles. The third kappa shape index (κ3) is 20.3. The molecule has 0 heterocycles. The Balaban J connectivity index is 0. The van der Waals surface area contributed by atoms with Crippen LogP contribution >= 0.6 is 32.9 Å². The first kappa shape index (κ1) is 24.6. The van der Waals surface area contributed by atoms with E-state index in [2.05, 4.69) is 35.0 Å². The van der Waals surface area contributed by atoms with Gasteiger partial charge < -0.3 is 5.11 Å². The summed E-state index contributed by atoms with van der Waals surface area (Å²) in [5.74, 6) is 0. The summed E-state index contributed by atoms with van der Waals surface area (Å²) < 4.78 is 0.124. The van der Waals surface area contributed by atoms with Gasteiger partial charge in [0.05, 0.1) is 6.10 Å². The normalized spacial score (nSPS) is 12.3. The Bertz CT molecular complexity index is 268. The molecule has 2 nitrogen and oxygen atoms in total. The number of rotatable bonds is 15. The van der Waals surface area contributed by atoms with Crippen molar-refractivity contribution in [2.45, 2.75) is 96.5 Å². The summed E-state index contributed by atoms with van der Waals surface area (Å²) in [6.45, 7) is 2.21. The highest BCUT2D eigenvalue weighted by Gasteiger charge is 2.00. The fourth-order valence-electron chi connectivity index (χ4n) is 2.35. The van der Waals surface area contributed by atoms with E-state index in [1.165, 1.54) is 38.5 Å². The maximum atomic E-state index is 10.7. The van der Waals surface area contributed by atoms with Crippen LogP contribution in [0.2, 0.25) is 0 Å². The fourth-order valence-corrected chi connectivity index (χ4v) is 2.63. The monoisotopic (exact) mass is 440 g/mol. The third-order valence-electron chi connectivity index (χ3n) is 3.71. The first-order valence-corrected chi connectivity index (χ1v) is 9.47. The van der Waals surface area contributed by atoms with Crippen LogP contribution in [0.3, 0.4) is 0 Å². The fraction of sp³-hybridized carbons (Fsp3) is 0.833. The lowest BCUT2D eigenvalue weighted by atomic mass is 10.1. The van der Waals surface area contributed by atoms with E-state index in [0.717, 1.165) is 38.5 Å². The van der Waals surface area contributed by atoms with Crippen molar-refractivity contribution in [2.24, 2.45) is 0 Å². The predicted octanol–water partition coefficient (Wildman–Crippen LogP) is 6.49. The van der Waals surface area contributed by atoms with Crippen LogP contribution in [0.25, 0.3) is 0 Å². The number of hydrogen-bond acceptors (Lipinski definition) is 2. The number of aliphatic hydroxyl groups excluding tert-OH is 1. The molecule has 0 aliphatic rings. The molecular weight excluding hydrogens is 408 g/mol. The minimum atomic E-state index is -0.153. The molecular formula is C18H34Br2O2. The molecule has 1 N–H and O–H groups in total. The van der Waals surface area contributed by atoms with Gasteiger partial charge in [0, 0.05) is 6.42 Å². The zero-order chi connectivity index (χ0) is 15.8. The van der Waals surface area contributed by atoms with Crippen LogP contribution in [-0.2, 0) is 4.79 Å². The van der Waals surface area contributed by atoms with Gasteiger partial charge in [0.25, 0.3) is 0 Å². The Morgan fingerprint density at radius 2 is 1.64 bits per heavy atom. The first-order chi connectivity index (χ1) is 10.2. The second-order valence-electron chi connectivity index (χ2n) is 5.87. The average molecular weight is 442 g/mol. The van der Waals surface area contributed by atoms with Crippen molar-refractivity contribution in [3.05, 3.63) is 12.2 Å². The molecule has 0 bridgehead atoms. The van der Waals surface area contributed by atoms with Crippen molar-refractivity contribution >= 4 is 37.6 Å². The predicted molar refractivity (Wildman–Crippen MR) is 105 cm³/mol. The molecule has 0 radical (unpaired) electrons. The van der Waals surface area contributed by atoms with Gasteiger partial charge in [-0.05, 0) is 48.0 Å². The Labute approximate surface area is 156 Å². The SMILES string of the molecule is Br.CCCCCCC(O)C/C=C\CCCCCCCC(=O)Br. The summed E-state index contributed by atoms with van der Waals surface area (Å²) in [6, 6.07) is 0. The third-order valence-corrected chi connectivity index (χ3v) is 4.11. The molecule has 0 aliphatic heterocycles. The minimum Gasteiger partial charge on any atom is -0.393 e. The van der Waals surface area contributed by atoms with Gasteiger partial charge in [0.15, 0.2) is 4.69 Å². The van der Waals surface area contributed by atoms with Gasteiger partial charge in [-0.25, -0.2) is 0 Å². The minimum absolute atomic E-state index is 0. The number of carbonyl (C=O) groups is 1. The molecule has 0 fully saturated rings. The highest BCUT2D eigenvalue weighted by atomic mass is 79.9. The lowest BCUT2D eigenvalue weighted by Gasteiger charge is -2.07. The lowest BCUT2D eigenvalue weighted by molar-refractivity contribution is -0.110. The van der Waals surface area contributed by atoms with E-state index in [1.807, 2.05) is 0 Å². The molecule has 1 unspecified atom stereocenters. The van der Waals surface area contributed by atoms with Gasteiger partial charge >= 0.3 is 0 Å². The topological polar surface area (TPSA) is 37.3 Å². The van der Waals surface area contributed by atoms with Crippen molar-refractivity contribution in [1.82, 2.24) is 0 Å². The Morgan fingerprint density at radius 3 is 2.32 bits per heavy atom. The molecule has 0 saturated carbocycles. The van der Waals surface area contributed by atoms with Crippen molar-refractivity contribution in [3.8, 4) is 0 Å². The van der Waals surface area contributed by atoms with Gasteiger partial charge in [-0.3, -0.25) is 4.79 Å². The van der Waals surface area contributed by atoms with Crippen LogP contribution in [0.15, 0.2) is 12.2 Å². The number of carbonyl (C=O) groups excluding carboxylic acids is 1. The molecule has 0 amide bonds. The van der Waals surface area contributed by atoms with Gasteiger partial charge in [-0.2, -0.15) is 0 Å². The van der Waals surface area contributed by atoms with E-state index in [1.54, 1.807) is 0 Å². The molecule has 132 valence electrons. The summed E-state index contributed by atoms with van der Waals surface area (Å²) >= 11 is 2.95. The first-order valence-electron chi connectivity index (χ1n) is 8.68. The largest absolute Gasteiger partial charge is 0.393 e. The Hall–Kier alpha value is 0.330. The summed E-state index contributed by atoms with van der Waals surface area (Å²) in [5, 5.41) is 9.81. The van der Waals surface area contributed by atoms with Gasteiger partial charge in [0.2, 0.25) is 0 Å². The van der Waals surface area contributed by atoms with E-state index in [0.29, 0.717) is 6.42 Å². The quantitative estimate of drug-likeness (QED) is 0.179. The van der Waals surface area contributed by atoms with Gasteiger partial charge in [-0.1, -0.05) is 64.0 Å². The van der Waals surface area contributed by atoms with Gasteiger partial charge in [-0.15, -0.1) is 17.0 Å². The Morgan fingerprint density at radius 1 is 1.00 bits per heavy atom. The van der Waals surface area contributed by atoms with Crippen molar-refractivity contribution in [1.29, 1.82) is 0 Å². The highest BCUT2D eigenvalue weighted by Crippen LogP contribution is 2.11. The standard InChI is InChI=1S/C18H33BrO2.BrH/c1-2-3-4-11-14-17(20)15-12-9-7-5-6-8-10-13-16-18(19)21;/h9,12,17,20H,2-8,10-11,13-16H2,1H3;1H/b12-9-;. The van der Waals surface area contributed by atoms with Crippen molar-refractivity contribution in [2.75, 3.05) is 0 Å². The maximum Gasteiger partial charge on any atom is 0.197 e. The van der Waals surface area contributed by atoms with Crippen LogP contribution in [0, 0.1) is 0 Å². The van der Waals surface area contributed by atoms with Crippen LogP contribution in [0.1, 0.15) is 90.4 Å². The summed E-state index contributed by atoms with van der Waals surface area (Å²) in [5.41, 5.74) is 0. The second kappa shape index (κ2) is 19.4. The van der Waals surface area contributed by atoms with E-state index in [9.17, 15) is 9.90 Å². The van der Waals surface area contributed by atoms with E-state index < -0.39 is 0 Å². The molecule has 0 spiro atoms. The molecule has 0 rings (SSSR count). The van der Waals surface area contributed by atoms with E-state index >= 15 is 0 Å². The maximum absolute atomic E-state index is 10.7. The molecule has 4 heteroatoms. The van der Waals surface area contributed by atoms with Crippen LogP contribution in [-0.4, -0.2) is 15.9 Å². The summed E-state index contributed by atoms with van der Waals surface area (Å²) in [4.78, 5) is 10.7. The molecule has 0 saturated heterocycles. The number of allylic oxidation sites excluding steroid dienone is 1. The molecule has 0 aromatic heterocycles. The summed E-state index contributed by atoms with van der Waals surface area (Å²) in [6.07, 6.45) is 18.5. The molecule has 0 aromatic rings. The van der Waals surface area contributed by atoms with Crippen LogP contribution in [0.5, 0.6) is 0 Å². The van der Waals surface area contributed by atoms with Crippen molar-refractivity contribution in [3.63, 3.8) is 0 Å². The zero-order valence-corrected chi connectivity index (χ0v) is 17.4. The average Bonchev–Trinajstić information content (AvgIpc) is 2.45. The van der Waals surface area contributed by atoms with Crippen LogP contribution < -0.4 is 0 Å². The number of aliphatic hydroxyl groups is 1. The number of halogens is 2. The Kier molecular flexibility index (Phi) is 21.6. The van der Waals surface area contributed by atoms with E-state index in [-0.39, 0.29) is 27.8 Å². The molecule has 0 aliphatic carbocycles. The second-order valence-corrected chi connectivity index (χ2v) is 6.76. The highest BCUT2D eigenvalue weighted by molar-refractivity contribution is 9.18. The lowest BCUT2D eigenvalue weighted by Crippen LogP contribution is -2.04. The number of hydrogen-bond donors (Lipinski definition) is 1. The molecule has 1 atom stereocenters. The van der Waals surface area contributed by atoms with Crippen LogP contribution in [0.4, 0.5) is 0 Å². The van der Waals surface area contributed by atoms with Crippen molar-refractivity contribution < 1.29 is 9.90 Å².